The summed E-state index contributed by atoms with van der Waals surface area (Å²) in [5.74, 6) is -0.144. The number of hydrogen-bond donors (Lipinski definition) is 3. The molecular weight excluding hydrogens is 230 g/mol. The van der Waals surface area contributed by atoms with Crippen LogP contribution in [0, 0.1) is 11.3 Å². The summed E-state index contributed by atoms with van der Waals surface area (Å²) in [5.41, 5.74) is 4.99. The molecule has 1 aromatic heterocycles. The van der Waals surface area contributed by atoms with Crippen LogP contribution in [0.1, 0.15) is 0 Å². The number of aromatic amines is 1. The highest BCUT2D eigenvalue weighted by Crippen LogP contribution is 2.10. The number of nitrogens with one attached hydrogen (secondary N) is 2. The summed E-state index contributed by atoms with van der Waals surface area (Å²) >= 11 is 1.04. The average Bonchev–Trinajstić information content (AvgIpc) is 2.22. The summed E-state index contributed by atoms with van der Waals surface area (Å²) in [6, 6.07) is 2.93. The summed E-state index contributed by atoms with van der Waals surface area (Å²) in [5, 5.41) is 10.9. The number of nitrogens with zero attached hydrogens (tertiary/aromatic N) is 2. The van der Waals surface area contributed by atoms with Gasteiger partial charge in [0.2, 0.25) is 5.91 Å². The number of anilines is 1. The standard InChI is InChI=1S/C8H9N5O2S/c9-1-2-11-7(15)4-16-8-12-5(10)3-6(14)13-8/h3H,2,4H2,(H,11,15)(H3,10,12,13,14). The minimum Gasteiger partial charge on any atom is -0.383 e. The monoisotopic (exact) mass is 239 g/mol. The van der Waals surface area contributed by atoms with Crippen molar-refractivity contribution in [1.82, 2.24) is 15.3 Å². The predicted molar refractivity (Wildman–Crippen MR) is 58.6 cm³/mol. The van der Waals surface area contributed by atoms with Crippen molar-refractivity contribution in [1.29, 1.82) is 5.26 Å². The molecule has 84 valence electrons. The van der Waals surface area contributed by atoms with Crippen LogP contribution in [0.5, 0.6) is 0 Å². The van der Waals surface area contributed by atoms with Crippen LogP contribution in [0.25, 0.3) is 0 Å². The Hall–Kier alpha value is -2.01. The third kappa shape index (κ3) is 4.02. The van der Waals surface area contributed by atoms with Gasteiger partial charge in [-0.05, 0) is 0 Å². The number of carbonyl (C=O) groups excluding carboxylic acids is 1. The number of nitrogens with two attached hydrogens (primary N) is 1. The zero-order valence-corrected chi connectivity index (χ0v) is 9.00. The van der Waals surface area contributed by atoms with Crippen LogP contribution in [-0.4, -0.2) is 28.2 Å². The Morgan fingerprint density at radius 3 is 3.12 bits per heavy atom. The number of amides is 1. The Labute approximate surface area is 95.1 Å². The maximum atomic E-state index is 11.1. The van der Waals surface area contributed by atoms with E-state index >= 15 is 0 Å². The highest BCUT2D eigenvalue weighted by Gasteiger charge is 2.04. The molecule has 0 saturated carbocycles. The summed E-state index contributed by atoms with van der Waals surface area (Å²) in [4.78, 5) is 28.4. The Bertz CT molecular complexity index is 478. The zero-order valence-electron chi connectivity index (χ0n) is 8.19. The van der Waals surface area contributed by atoms with Gasteiger partial charge in [-0.25, -0.2) is 4.98 Å². The average molecular weight is 239 g/mol. The second kappa shape index (κ2) is 5.77. The molecule has 16 heavy (non-hydrogen) atoms. The second-order valence-electron chi connectivity index (χ2n) is 2.70. The lowest BCUT2D eigenvalue weighted by molar-refractivity contribution is -0.118. The molecule has 0 saturated heterocycles. The SMILES string of the molecule is N#CCNC(=O)CSc1nc(N)cc(=O)[nH]1. The van der Waals surface area contributed by atoms with Gasteiger partial charge in [-0.1, -0.05) is 11.8 Å². The topological polar surface area (TPSA) is 125 Å². The van der Waals surface area contributed by atoms with E-state index < -0.39 is 0 Å². The van der Waals surface area contributed by atoms with E-state index in [1.54, 1.807) is 6.07 Å². The molecule has 0 fully saturated rings. The van der Waals surface area contributed by atoms with Gasteiger partial charge in [0.1, 0.15) is 12.4 Å². The highest BCUT2D eigenvalue weighted by atomic mass is 32.2. The van der Waals surface area contributed by atoms with E-state index in [0.29, 0.717) is 0 Å². The van der Waals surface area contributed by atoms with Crippen molar-refractivity contribution in [3.63, 3.8) is 0 Å². The van der Waals surface area contributed by atoms with E-state index in [2.05, 4.69) is 15.3 Å². The third-order valence-electron chi connectivity index (χ3n) is 1.44. The number of H-pyrrole nitrogens is 1. The Morgan fingerprint density at radius 1 is 1.75 bits per heavy atom. The fourth-order valence-corrected chi connectivity index (χ4v) is 1.56. The summed E-state index contributed by atoms with van der Waals surface area (Å²) in [6.45, 7) is -0.0414. The van der Waals surface area contributed by atoms with Crippen molar-refractivity contribution in [2.75, 3.05) is 18.0 Å². The molecular formula is C8H9N5O2S. The number of aromatic nitrogens is 2. The van der Waals surface area contributed by atoms with E-state index in [1.165, 1.54) is 0 Å². The summed E-state index contributed by atoms with van der Waals surface area (Å²) in [6.07, 6.45) is 0. The molecule has 0 aliphatic carbocycles. The van der Waals surface area contributed by atoms with E-state index in [-0.39, 0.29) is 34.7 Å². The molecule has 0 aliphatic heterocycles. The highest BCUT2D eigenvalue weighted by molar-refractivity contribution is 7.99. The van der Waals surface area contributed by atoms with Crippen LogP contribution in [0.3, 0.4) is 0 Å². The van der Waals surface area contributed by atoms with Crippen LogP contribution in [0.4, 0.5) is 5.82 Å². The molecule has 0 unspecified atom stereocenters. The molecule has 0 bridgehead atoms. The molecule has 4 N–H and O–H groups in total. The molecule has 1 rings (SSSR count). The Balaban J connectivity index is 2.52. The van der Waals surface area contributed by atoms with Gasteiger partial charge in [0.25, 0.3) is 5.56 Å². The maximum Gasteiger partial charge on any atom is 0.253 e. The molecule has 1 amide bonds. The molecule has 0 aromatic carbocycles. The minimum atomic E-state index is -0.368. The predicted octanol–water partition coefficient (Wildman–Crippen LogP) is -0.916. The molecule has 0 aliphatic rings. The van der Waals surface area contributed by atoms with Crippen LogP contribution < -0.4 is 16.6 Å². The molecule has 1 heterocycles. The number of nitriles is 1. The van der Waals surface area contributed by atoms with Crippen molar-refractivity contribution in [3.05, 3.63) is 16.4 Å². The first-order chi connectivity index (χ1) is 7.61. The van der Waals surface area contributed by atoms with Gasteiger partial charge in [-0.2, -0.15) is 5.26 Å². The first-order valence-electron chi connectivity index (χ1n) is 4.25. The lowest BCUT2D eigenvalue weighted by Crippen LogP contribution is -2.25. The smallest absolute Gasteiger partial charge is 0.253 e. The lowest BCUT2D eigenvalue weighted by Gasteiger charge is -2.01. The fraction of sp³-hybridized carbons (Fsp3) is 0.250. The molecule has 0 atom stereocenters. The van der Waals surface area contributed by atoms with E-state index in [9.17, 15) is 9.59 Å². The molecule has 0 spiro atoms. The lowest BCUT2D eigenvalue weighted by atomic mass is 10.6. The van der Waals surface area contributed by atoms with Crippen LogP contribution in [0.15, 0.2) is 16.0 Å². The normalized spacial score (nSPS) is 9.44. The van der Waals surface area contributed by atoms with Gasteiger partial charge < -0.3 is 16.0 Å². The van der Waals surface area contributed by atoms with Gasteiger partial charge in [0, 0.05) is 6.07 Å². The first-order valence-corrected chi connectivity index (χ1v) is 5.23. The summed E-state index contributed by atoms with van der Waals surface area (Å²) in [7, 11) is 0. The summed E-state index contributed by atoms with van der Waals surface area (Å²) < 4.78 is 0. The first kappa shape index (κ1) is 12.1. The van der Waals surface area contributed by atoms with Crippen LogP contribution >= 0.6 is 11.8 Å². The molecule has 0 radical (unpaired) electrons. The largest absolute Gasteiger partial charge is 0.383 e. The molecule has 7 nitrogen and oxygen atoms in total. The minimum absolute atomic E-state index is 0.0414. The van der Waals surface area contributed by atoms with Gasteiger partial charge in [0.15, 0.2) is 5.16 Å². The number of rotatable bonds is 4. The fourth-order valence-electron chi connectivity index (χ4n) is 0.845. The van der Waals surface area contributed by atoms with Crippen molar-refractivity contribution < 1.29 is 4.79 Å². The van der Waals surface area contributed by atoms with Gasteiger partial charge >= 0.3 is 0 Å². The Morgan fingerprint density at radius 2 is 2.50 bits per heavy atom. The second-order valence-corrected chi connectivity index (χ2v) is 3.66. The van der Waals surface area contributed by atoms with Crippen molar-refractivity contribution in [2.24, 2.45) is 0 Å². The van der Waals surface area contributed by atoms with Gasteiger partial charge in [-0.3, -0.25) is 9.59 Å². The van der Waals surface area contributed by atoms with Crippen LogP contribution in [0.2, 0.25) is 0 Å². The Kier molecular flexibility index (Phi) is 4.35. The number of thioether (sulfide) groups is 1. The van der Waals surface area contributed by atoms with E-state index in [0.717, 1.165) is 17.8 Å². The quantitative estimate of drug-likeness (QED) is 0.354. The zero-order chi connectivity index (χ0) is 12.0. The van der Waals surface area contributed by atoms with E-state index in [1.807, 2.05) is 0 Å². The number of hydrogen-bond acceptors (Lipinski definition) is 6. The van der Waals surface area contributed by atoms with Crippen molar-refractivity contribution in [3.8, 4) is 6.07 Å². The molecule has 8 heteroatoms. The van der Waals surface area contributed by atoms with Crippen LogP contribution in [-0.2, 0) is 4.79 Å². The molecule has 1 aromatic rings. The maximum absolute atomic E-state index is 11.1. The van der Waals surface area contributed by atoms with Gasteiger partial charge in [0.05, 0.1) is 11.8 Å². The van der Waals surface area contributed by atoms with Crippen molar-refractivity contribution >= 4 is 23.5 Å². The third-order valence-corrected chi connectivity index (χ3v) is 2.32. The van der Waals surface area contributed by atoms with Crippen molar-refractivity contribution in [2.45, 2.75) is 5.16 Å². The number of carbonyl (C=O) groups is 1. The van der Waals surface area contributed by atoms with Gasteiger partial charge in [-0.15, -0.1) is 0 Å². The number of nitrogen functional groups attached to an aromatic ring is 1. The van der Waals surface area contributed by atoms with E-state index in [4.69, 9.17) is 11.0 Å².